The van der Waals surface area contributed by atoms with Gasteiger partial charge in [0.05, 0.1) is 31.8 Å². The van der Waals surface area contributed by atoms with Gasteiger partial charge in [-0.05, 0) is 67.6 Å². The van der Waals surface area contributed by atoms with Crippen LogP contribution in [0.4, 0.5) is 0 Å². The molecular weight excluding hydrogens is 456 g/mol. The molecule has 3 rings (SSSR count). The van der Waals surface area contributed by atoms with Gasteiger partial charge in [0.1, 0.15) is 11.5 Å². The van der Waals surface area contributed by atoms with E-state index in [1.54, 1.807) is 18.2 Å². The number of hydrogen-bond donors (Lipinski definition) is 1. The van der Waals surface area contributed by atoms with Gasteiger partial charge in [0.25, 0.3) is 0 Å². The first-order chi connectivity index (χ1) is 16.4. The van der Waals surface area contributed by atoms with Gasteiger partial charge in [0.2, 0.25) is 15.9 Å². The molecule has 1 heterocycles. The monoisotopic (exact) mass is 490 g/mol. The fourth-order valence-corrected chi connectivity index (χ4v) is 5.28. The van der Waals surface area contributed by atoms with Crippen LogP contribution in [0.25, 0.3) is 0 Å². The molecule has 0 aliphatic carbocycles. The third kappa shape index (κ3) is 7.19. The molecule has 0 bridgehead atoms. The Morgan fingerprint density at radius 2 is 1.82 bits per heavy atom. The van der Waals surface area contributed by atoms with E-state index in [1.807, 2.05) is 31.2 Å². The van der Waals surface area contributed by atoms with E-state index in [4.69, 9.17) is 14.2 Å². The van der Waals surface area contributed by atoms with E-state index < -0.39 is 10.0 Å². The highest BCUT2D eigenvalue weighted by atomic mass is 32.2. The molecule has 0 saturated carbocycles. The molecule has 0 spiro atoms. The third-order valence-electron chi connectivity index (χ3n) is 5.68. The zero-order valence-corrected chi connectivity index (χ0v) is 20.7. The van der Waals surface area contributed by atoms with Crippen molar-refractivity contribution in [1.82, 2.24) is 9.62 Å². The van der Waals surface area contributed by atoms with Crippen molar-refractivity contribution >= 4 is 15.9 Å². The fraction of sp³-hybridized carbons (Fsp3) is 0.480. The summed E-state index contributed by atoms with van der Waals surface area (Å²) in [5.74, 6) is 1.36. The lowest BCUT2D eigenvalue weighted by Crippen LogP contribution is -2.40. The number of methoxy groups -OCH3 is 1. The van der Waals surface area contributed by atoms with Crippen LogP contribution in [0.2, 0.25) is 0 Å². The summed E-state index contributed by atoms with van der Waals surface area (Å²) in [5.41, 5.74) is 1.89. The van der Waals surface area contributed by atoms with E-state index in [0.29, 0.717) is 57.2 Å². The molecule has 0 aromatic heterocycles. The number of rotatable bonds is 12. The van der Waals surface area contributed by atoms with Crippen LogP contribution >= 0.6 is 0 Å². The van der Waals surface area contributed by atoms with Crippen molar-refractivity contribution in [3.8, 4) is 11.5 Å². The summed E-state index contributed by atoms with van der Waals surface area (Å²) in [5, 5.41) is 2.94. The molecule has 1 N–H and O–H groups in total. The molecule has 186 valence electrons. The zero-order chi connectivity index (χ0) is 24.4. The molecular formula is C25H34N2O6S. The van der Waals surface area contributed by atoms with Crippen LogP contribution < -0.4 is 14.8 Å². The highest BCUT2D eigenvalue weighted by molar-refractivity contribution is 7.89. The number of nitrogens with zero attached hydrogens (tertiary/aromatic N) is 1. The summed E-state index contributed by atoms with van der Waals surface area (Å²) in [4.78, 5) is 12.6. The summed E-state index contributed by atoms with van der Waals surface area (Å²) < 4.78 is 43.5. The van der Waals surface area contributed by atoms with Crippen molar-refractivity contribution in [2.24, 2.45) is 0 Å². The molecule has 0 atom stereocenters. The molecule has 1 fully saturated rings. The van der Waals surface area contributed by atoms with Crippen LogP contribution in [0.3, 0.4) is 0 Å². The van der Waals surface area contributed by atoms with Crippen LogP contribution in [0, 0.1) is 0 Å². The second kappa shape index (κ2) is 12.7. The Bertz CT molecular complexity index is 1030. The van der Waals surface area contributed by atoms with Crippen molar-refractivity contribution in [2.45, 2.75) is 37.5 Å². The fourth-order valence-electron chi connectivity index (χ4n) is 3.82. The largest absolute Gasteiger partial charge is 0.496 e. The number of aryl methyl sites for hydroxylation is 2. The third-order valence-corrected chi connectivity index (χ3v) is 7.57. The predicted octanol–water partition coefficient (Wildman–Crippen LogP) is 2.80. The lowest BCUT2D eigenvalue weighted by molar-refractivity contribution is -0.121. The number of ether oxygens (including phenoxy) is 3. The zero-order valence-electron chi connectivity index (χ0n) is 19.9. The van der Waals surface area contributed by atoms with Gasteiger partial charge >= 0.3 is 0 Å². The standard InChI is InChI=1S/C25H34N2O6S/c1-3-33-22-9-6-20(7-10-22)5-4-14-26-25(28)13-8-21-19-23(11-12-24(21)31-2)34(29,30)27-15-17-32-18-16-27/h6-7,9-12,19H,3-5,8,13-18H2,1-2H3,(H,26,28). The molecule has 0 unspecified atom stereocenters. The quantitative estimate of drug-likeness (QED) is 0.460. The van der Waals surface area contributed by atoms with Crippen LogP contribution in [0.15, 0.2) is 47.4 Å². The first-order valence-corrected chi connectivity index (χ1v) is 13.1. The van der Waals surface area contributed by atoms with Gasteiger partial charge in [0, 0.05) is 26.1 Å². The number of morpholine rings is 1. The molecule has 1 aliphatic rings. The first kappa shape index (κ1) is 26.0. The molecule has 1 aliphatic heterocycles. The number of carbonyl (C=O) groups excluding carboxylic acids is 1. The second-order valence-corrected chi connectivity index (χ2v) is 9.96. The van der Waals surface area contributed by atoms with Crippen LogP contribution in [0.5, 0.6) is 11.5 Å². The van der Waals surface area contributed by atoms with Crippen molar-refractivity contribution in [3.05, 3.63) is 53.6 Å². The number of amides is 1. The van der Waals surface area contributed by atoms with E-state index in [1.165, 1.54) is 17.0 Å². The topological polar surface area (TPSA) is 94.2 Å². The molecule has 8 nitrogen and oxygen atoms in total. The van der Waals surface area contributed by atoms with Gasteiger partial charge in [-0.15, -0.1) is 0 Å². The summed E-state index contributed by atoms with van der Waals surface area (Å²) >= 11 is 0. The van der Waals surface area contributed by atoms with E-state index >= 15 is 0 Å². The predicted molar refractivity (Wildman–Crippen MR) is 130 cm³/mol. The lowest BCUT2D eigenvalue weighted by atomic mass is 10.1. The molecule has 2 aromatic rings. The summed E-state index contributed by atoms with van der Waals surface area (Å²) in [6, 6.07) is 12.8. The van der Waals surface area contributed by atoms with Gasteiger partial charge in [-0.2, -0.15) is 4.31 Å². The van der Waals surface area contributed by atoms with Gasteiger partial charge in [-0.3, -0.25) is 4.79 Å². The normalized spacial score (nSPS) is 14.5. The van der Waals surface area contributed by atoms with Crippen LogP contribution in [-0.4, -0.2) is 65.2 Å². The molecule has 9 heteroatoms. The van der Waals surface area contributed by atoms with Crippen molar-refractivity contribution in [1.29, 1.82) is 0 Å². The highest BCUT2D eigenvalue weighted by Crippen LogP contribution is 2.26. The van der Waals surface area contributed by atoms with Crippen molar-refractivity contribution in [2.75, 3.05) is 46.6 Å². The number of benzene rings is 2. The molecule has 1 amide bonds. The Hall–Kier alpha value is -2.62. The summed E-state index contributed by atoms with van der Waals surface area (Å²) in [6.07, 6.45) is 2.33. The molecule has 0 radical (unpaired) electrons. The van der Waals surface area contributed by atoms with E-state index in [0.717, 1.165) is 18.6 Å². The Balaban J connectivity index is 1.49. The highest BCUT2D eigenvalue weighted by Gasteiger charge is 2.27. The molecule has 2 aromatic carbocycles. The maximum absolute atomic E-state index is 13.0. The van der Waals surface area contributed by atoms with E-state index in [2.05, 4.69) is 5.32 Å². The van der Waals surface area contributed by atoms with Gasteiger partial charge < -0.3 is 19.5 Å². The smallest absolute Gasteiger partial charge is 0.243 e. The van der Waals surface area contributed by atoms with E-state index in [-0.39, 0.29) is 17.2 Å². The second-order valence-electron chi connectivity index (χ2n) is 8.02. The van der Waals surface area contributed by atoms with Gasteiger partial charge in [0.15, 0.2) is 0 Å². The number of hydrogen-bond acceptors (Lipinski definition) is 6. The Morgan fingerprint density at radius 3 is 2.50 bits per heavy atom. The van der Waals surface area contributed by atoms with Crippen LogP contribution in [0.1, 0.15) is 30.9 Å². The van der Waals surface area contributed by atoms with Gasteiger partial charge in [-0.1, -0.05) is 12.1 Å². The molecule has 34 heavy (non-hydrogen) atoms. The maximum Gasteiger partial charge on any atom is 0.243 e. The first-order valence-electron chi connectivity index (χ1n) is 11.7. The molecule has 1 saturated heterocycles. The van der Waals surface area contributed by atoms with Crippen molar-refractivity contribution < 1.29 is 27.4 Å². The lowest BCUT2D eigenvalue weighted by Gasteiger charge is -2.26. The Morgan fingerprint density at radius 1 is 1.09 bits per heavy atom. The minimum absolute atomic E-state index is 0.0739. The minimum atomic E-state index is -3.61. The maximum atomic E-state index is 13.0. The Labute approximate surface area is 202 Å². The SMILES string of the molecule is CCOc1ccc(CCCNC(=O)CCc2cc(S(=O)(=O)N3CCOCC3)ccc2OC)cc1. The summed E-state index contributed by atoms with van der Waals surface area (Å²) in [7, 11) is -2.07. The minimum Gasteiger partial charge on any atom is -0.496 e. The van der Waals surface area contributed by atoms with Crippen LogP contribution in [-0.2, 0) is 32.4 Å². The van der Waals surface area contributed by atoms with Gasteiger partial charge in [-0.25, -0.2) is 8.42 Å². The Kier molecular flexibility index (Phi) is 9.74. The number of nitrogens with one attached hydrogen (secondary N) is 1. The van der Waals surface area contributed by atoms with E-state index in [9.17, 15) is 13.2 Å². The summed E-state index contributed by atoms with van der Waals surface area (Å²) in [6.45, 7) is 4.63. The average molecular weight is 491 g/mol. The number of sulfonamides is 1. The average Bonchev–Trinajstić information content (AvgIpc) is 2.86. The number of carbonyl (C=O) groups is 1. The van der Waals surface area contributed by atoms with Crippen molar-refractivity contribution in [3.63, 3.8) is 0 Å².